The van der Waals surface area contributed by atoms with Crippen LogP contribution in [0.1, 0.15) is 28.9 Å². The third kappa shape index (κ3) is 2.92. The average Bonchev–Trinajstić information content (AvgIpc) is 2.27. The maximum Gasteiger partial charge on any atom is 0.418 e. The van der Waals surface area contributed by atoms with Crippen molar-refractivity contribution in [3.63, 3.8) is 0 Å². The van der Waals surface area contributed by atoms with Crippen LogP contribution in [0.4, 0.5) is 22.0 Å². The summed E-state index contributed by atoms with van der Waals surface area (Å²) in [5.74, 6) is 0. The molecule has 0 aliphatic heterocycles. The molecule has 1 aromatic heterocycles. The van der Waals surface area contributed by atoms with E-state index < -0.39 is 42.4 Å². The first-order chi connectivity index (χ1) is 8.31. The van der Waals surface area contributed by atoms with Crippen LogP contribution in [0.2, 0.25) is 0 Å². The lowest BCUT2D eigenvalue weighted by molar-refractivity contribution is -0.138. The van der Waals surface area contributed by atoms with Crippen molar-refractivity contribution in [2.24, 2.45) is 5.73 Å². The van der Waals surface area contributed by atoms with Crippen LogP contribution in [-0.2, 0) is 19.1 Å². The number of hydrogen-bond donors (Lipinski definition) is 1. The Kier molecular flexibility index (Phi) is 4.19. The fraction of sp³-hybridized carbons (Fsp3) is 0.400. The molecule has 0 radical (unpaired) electrons. The summed E-state index contributed by atoms with van der Waals surface area (Å²) in [4.78, 5) is 3.42. The van der Waals surface area contributed by atoms with Gasteiger partial charge in [0, 0.05) is 12.1 Å². The molecule has 0 spiro atoms. The van der Waals surface area contributed by atoms with Gasteiger partial charge < -0.3 is 5.73 Å². The molecule has 0 bridgehead atoms. The topological polar surface area (TPSA) is 62.7 Å². The van der Waals surface area contributed by atoms with E-state index >= 15 is 0 Å². The lowest BCUT2D eigenvalue weighted by atomic mass is 10.1. The molecule has 18 heavy (non-hydrogen) atoms. The molecular weight excluding hydrogens is 257 g/mol. The highest BCUT2D eigenvalue weighted by Gasteiger charge is 2.35. The van der Waals surface area contributed by atoms with Gasteiger partial charge in [0.2, 0.25) is 0 Å². The zero-order valence-electron chi connectivity index (χ0n) is 8.93. The fourth-order valence-electron chi connectivity index (χ4n) is 1.42. The molecule has 8 heteroatoms. The number of aromatic nitrogens is 1. The van der Waals surface area contributed by atoms with E-state index in [4.69, 9.17) is 11.0 Å². The summed E-state index contributed by atoms with van der Waals surface area (Å²) in [5.41, 5.74) is 2.01. The van der Waals surface area contributed by atoms with E-state index in [-0.39, 0.29) is 5.69 Å². The highest BCUT2D eigenvalue weighted by atomic mass is 19.4. The Morgan fingerprint density at radius 1 is 1.33 bits per heavy atom. The molecule has 2 N–H and O–H groups in total. The zero-order valence-corrected chi connectivity index (χ0v) is 8.93. The zero-order chi connectivity index (χ0) is 13.9. The molecule has 0 fully saturated rings. The lowest BCUT2D eigenvalue weighted by Crippen LogP contribution is -2.16. The van der Waals surface area contributed by atoms with Gasteiger partial charge in [0.15, 0.2) is 0 Å². The number of rotatable bonds is 3. The van der Waals surface area contributed by atoms with Crippen molar-refractivity contribution in [2.45, 2.75) is 25.6 Å². The lowest BCUT2D eigenvalue weighted by Gasteiger charge is -2.15. The second kappa shape index (κ2) is 5.27. The minimum atomic E-state index is -4.81. The van der Waals surface area contributed by atoms with Crippen molar-refractivity contribution >= 4 is 0 Å². The first-order valence-corrected chi connectivity index (χ1v) is 4.76. The largest absolute Gasteiger partial charge is 0.418 e. The summed E-state index contributed by atoms with van der Waals surface area (Å²) in [6.45, 7) is -0.545. The van der Waals surface area contributed by atoms with Gasteiger partial charge in [-0.05, 0) is 6.07 Å². The molecule has 0 aromatic carbocycles. The second-order valence-electron chi connectivity index (χ2n) is 3.36. The molecule has 1 heterocycles. The van der Waals surface area contributed by atoms with Crippen molar-refractivity contribution in [1.82, 2.24) is 4.98 Å². The average molecular weight is 265 g/mol. The summed E-state index contributed by atoms with van der Waals surface area (Å²) in [7, 11) is 0. The normalized spacial score (nSPS) is 11.7. The maximum absolute atomic E-state index is 12.6. The Balaban J connectivity index is 3.47. The van der Waals surface area contributed by atoms with Crippen molar-refractivity contribution in [2.75, 3.05) is 0 Å². The Hall–Kier alpha value is -1.75. The van der Waals surface area contributed by atoms with E-state index in [1.807, 2.05) is 0 Å². The van der Waals surface area contributed by atoms with Crippen LogP contribution in [-0.4, -0.2) is 4.98 Å². The van der Waals surface area contributed by atoms with Crippen LogP contribution in [0, 0.1) is 11.3 Å². The summed E-state index contributed by atoms with van der Waals surface area (Å²) >= 11 is 0. The smallest absolute Gasteiger partial charge is 0.325 e. The standard InChI is InChI=1S/C10H8F5N3/c11-9(12)5-3-6(10(13,14)15)8(4-17)18-7(5)1-2-16/h3,9H,1,4,17H2. The first kappa shape index (κ1) is 14.3. The molecule has 1 aromatic rings. The molecule has 0 aliphatic carbocycles. The quantitative estimate of drug-likeness (QED) is 0.854. The van der Waals surface area contributed by atoms with E-state index in [1.54, 1.807) is 6.07 Å². The summed E-state index contributed by atoms with van der Waals surface area (Å²) < 4.78 is 63.0. The number of pyridine rings is 1. The minimum absolute atomic E-state index is 0.312. The monoisotopic (exact) mass is 265 g/mol. The predicted octanol–water partition coefficient (Wildman–Crippen LogP) is 2.56. The second-order valence-corrected chi connectivity index (χ2v) is 3.36. The Bertz CT molecular complexity index is 476. The van der Waals surface area contributed by atoms with Gasteiger partial charge in [-0.15, -0.1) is 0 Å². The Labute approximate surface area is 99.0 Å². The Morgan fingerprint density at radius 2 is 1.94 bits per heavy atom. The van der Waals surface area contributed by atoms with Crippen LogP contribution in [0.15, 0.2) is 6.07 Å². The molecule has 98 valence electrons. The van der Waals surface area contributed by atoms with Crippen molar-refractivity contribution < 1.29 is 22.0 Å². The van der Waals surface area contributed by atoms with Crippen molar-refractivity contribution in [1.29, 1.82) is 5.26 Å². The van der Waals surface area contributed by atoms with Gasteiger partial charge in [0.05, 0.1) is 29.4 Å². The van der Waals surface area contributed by atoms with Crippen molar-refractivity contribution in [3.8, 4) is 6.07 Å². The van der Waals surface area contributed by atoms with Crippen LogP contribution in [0.25, 0.3) is 0 Å². The summed E-state index contributed by atoms with van der Waals surface area (Å²) in [6.07, 6.45) is -8.44. The fourth-order valence-corrected chi connectivity index (χ4v) is 1.42. The van der Waals surface area contributed by atoms with Gasteiger partial charge in [0.1, 0.15) is 0 Å². The number of nitrogens with zero attached hydrogens (tertiary/aromatic N) is 2. The number of nitrogens with two attached hydrogens (primary N) is 1. The third-order valence-corrected chi connectivity index (χ3v) is 2.19. The van der Waals surface area contributed by atoms with Crippen LogP contribution in [0.3, 0.4) is 0 Å². The van der Waals surface area contributed by atoms with Gasteiger partial charge in [0.25, 0.3) is 6.43 Å². The van der Waals surface area contributed by atoms with E-state index in [1.165, 1.54) is 0 Å². The molecule has 1 rings (SSSR count). The number of alkyl halides is 5. The van der Waals surface area contributed by atoms with Gasteiger partial charge in [-0.2, -0.15) is 18.4 Å². The molecule has 0 saturated carbocycles. The van der Waals surface area contributed by atoms with Crippen LogP contribution >= 0.6 is 0 Å². The molecule has 0 amide bonds. The van der Waals surface area contributed by atoms with E-state index in [2.05, 4.69) is 4.98 Å². The molecule has 0 saturated heterocycles. The molecule has 0 unspecified atom stereocenters. The number of hydrogen-bond acceptors (Lipinski definition) is 3. The molecular formula is C10H8F5N3. The SMILES string of the molecule is N#CCc1nc(CN)c(C(F)(F)F)cc1C(F)F. The van der Waals surface area contributed by atoms with E-state index in [9.17, 15) is 22.0 Å². The Morgan fingerprint density at radius 3 is 2.33 bits per heavy atom. The van der Waals surface area contributed by atoms with E-state index in [0.29, 0.717) is 6.07 Å². The summed E-state index contributed by atoms with van der Waals surface area (Å²) in [6, 6.07) is 1.88. The van der Waals surface area contributed by atoms with Gasteiger partial charge in [-0.3, -0.25) is 4.98 Å². The molecule has 0 atom stereocenters. The number of nitriles is 1. The number of halogens is 5. The highest BCUT2D eigenvalue weighted by molar-refractivity contribution is 5.34. The highest BCUT2D eigenvalue weighted by Crippen LogP contribution is 2.35. The predicted molar refractivity (Wildman–Crippen MR) is 51.4 cm³/mol. The van der Waals surface area contributed by atoms with Gasteiger partial charge in [-0.1, -0.05) is 0 Å². The minimum Gasteiger partial charge on any atom is -0.325 e. The maximum atomic E-state index is 12.6. The molecule has 3 nitrogen and oxygen atoms in total. The van der Waals surface area contributed by atoms with Crippen LogP contribution < -0.4 is 5.73 Å². The van der Waals surface area contributed by atoms with E-state index in [0.717, 1.165) is 0 Å². The first-order valence-electron chi connectivity index (χ1n) is 4.76. The molecule has 0 aliphatic rings. The summed E-state index contributed by atoms with van der Waals surface area (Å²) in [5, 5.41) is 8.43. The van der Waals surface area contributed by atoms with Gasteiger partial charge >= 0.3 is 6.18 Å². The van der Waals surface area contributed by atoms with Crippen molar-refractivity contribution in [3.05, 3.63) is 28.6 Å². The van der Waals surface area contributed by atoms with Crippen LogP contribution in [0.5, 0.6) is 0 Å². The van der Waals surface area contributed by atoms with Gasteiger partial charge in [-0.25, -0.2) is 8.78 Å². The third-order valence-electron chi connectivity index (χ3n) is 2.19.